The molecule has 1 saturated carbocycles. The molecule has 0 spiro atoms. The van der Waals surface area contributed by atoms with Gasteiger partial charge in [-0.1, -0.05) is 19.3 Å². The third-order valence-corrected chi connectivity index (χ3v) is 4.30. The van der Waals surface area contributed by atoms with Gasteiger partial charge in [0.25, 0.3) is 0 Å². The number of anilines is 2. The Bertz CT molecular complexity index is 1160. The number of nitrogens with zero attached hydrogens (tertiary/aromatic N) is 4. The molecule has 0 saturated heterocycles. The monoisotopic (exact) mass is 395 g/mol. The second-order valence-corrected chi connectivity index (χ2v) is 7.23. The van der Waals surface area contributed by atoms with Crippen LogP contribution in [-0.4, -0.2) is 37.0 Å². The number of rotatable bonds is 5. The van der Waals surface area contributed by atoms with Crippen LogP contribution >= 0.6 is 0 Å². The average Bonchev–Trinajstić information content (AvgIpc) is 3.39. The summed E-state index contributed by atoms with van der Waals surface area (Å²) in [6.45, 7) is 3.88. The molecule has 0 aliphatic heterocycles. The molecule has 0 radical (unpaired) electrons. The smallest absolute Gasteiger partial charge is 0.212 e. The lowest BCUT2D eigenvalue weighted by molar-refractivity contribution is -0.105. The number of hydrogen-bond acceptors (Lipinski definition) is 5. The highest BCUT2D eigenvalue weighted by atomic mass is 19.1. The van der Waals surface area contributed by atoms with Gasteiger partial charge in [0.15, 0.2) is 11.5 Å². The Labute approximate surface area is 166 Å². The third-order valence-electron chi connectivity index (χ3n) is 4.30. The molecule has 9 heteroatoms. The predicted molar refractivity (Wildman–Crippen MR) is 110 cm³/mol. The van der Waals surface area contributed by atoms with Crippen molar-refractivity contribution in [3.63, 3.8) is 0 Å². The molecule has 1 fully saturated rings. The van der Waals surface area contributed by atoms with E-state index < -0.39 is 0 Å². The molecular weight excluding hydrogens is 373 g/mol. The van der Waals surface area contributed by atoms with Gasteiger partial charge in [0, 0.05) is 23.2 Å². The highest BCUT2D eigenvalue weighted by molar-refractivity contribution is 6.00. The molecule has 1 aliphatic rings. The number of carbonyl (C=O) groups is 1. The van der Waals surface area contributed by atoms with Crippen LogP contribution in [0.25, 0.3) is 27.8 Å². The maximum atomic E-state index is 14.7. The summed E-state index contributed by atoms with van der Waals surface area (Å²) in [5.74, 6) is 0.0244. The summed E-state index contributed by atoms with van der Waals surface area (Å²) in [6, 6.07) is 1.52. The van der Waals surface area contributed by atoms with Crippen molar-refractivity contribution in [3.8, 4) is 11.3 Å². The first kappa shape index (κ1) is 18.9. The molecule has 3 aromatic heterocycles. The fourth-order valence-corrected chi connectivity index (χ4v) is 2.89. The molecule has 0 atom stereocenters. The number of hydrogen-bond donors (Lipinski definition) is 3. The SMILES string of the molecule is C1CC1.CC(C)Nc1c(F)cc(-c2cn3cc(NC=O)nc3cn2)c2cn[nH]c12. The molecular formula is C20H22FN7O. The van der Waals surface area contributed by atoms with Crippen LogP contribution in [0, 0.1) is 5.82 Å². The van der Waals surface area contributed by atoms with E-state index in [1.165, 1.54) is 25.3 Å². The van der Waals surface area contributed by atoms with Crippen molar-refractivity contribution in [2.24, 2.45) is 0 Å². The van der Waals surface area contributed by atoms with E-state index in [1.807, 2.05) is 13.8 Å². The number of halogens is 1. The Morgan fingerprint density at radius 2 is 2.03 bits per heavy atom. The van der Waals surface area contributed by atoms with Crippen molar-refractivity contribution >= 4 is 34.5 Å². The molecule has 29 heavy (non-hydrogen) atoms. The second-order valence-electron chi connectivity index (χ2n) is 7.23. The van der Waals surface area contributed by atoms with Gasteiger partial charge in [-0.2, -0.15) is 5.10 Å². The Kier molecular flexibility index (Phi) is 5.11. The molecule has 0 bridgehead atoms. The van der Waals surface area contributed by atoms with Crippen LogP contribution in [0.3, 0.4) is 0 Å². The van der Waals surface area contributed by atoms with Gasteiger partial charge in [0.1, 0.15) is 5.82 Å². The van der Waals surface area contributed by atoms with Crippen LogP contribution in [0.4, 0.5) is 15.9 Å². The Morgan fingerprint density at radius 1 is 1.24 bits per heavy atom. The molecule has 0 unspecified atom stereocenters. The molecule has 5 rings (SSSR count). The van der Waals surface area contributed by atoms with E-state index in [-0.39, 0.29) is 11.9 Å². The number of amides is 1. The Morgan fingerprint density at radius 3 is 2.72 bits per heavy atom. The van der Waals surface area contributed by atoms with Crippen LogP contribution in [0.15, 0.2) is 30.9 Å². The summed E-state index contributed by atoms with van der Waals surface area (Å²) >= 11 is 0. The highest BCUT2D eigenvalue weighted by Gasteiger charge is 2.17. The molecule has 3 N–H and O–H groups in total. The lowest BCUT2D eigenvalue weighted by atomic mass is 10.1. The largest absolute Gasteiger partial charge is 0.379 e. The summed E-state index contributed by atoms with van der Waals surface area (Å²) in [6.07, 6.45) is 11.7. The zero-order valence-electron chi connectivity index (χ0n) is 16.2. The van der Waals surface area contributed by atoms with Gasteiger partial charge in [-0.25, -0.2) is 9.37 Å². The van der Waals surface area contributed by atoms with Gasteiger partial charge >= 0.3 is 0 Å². The van der Waals surface area contributed by atoms with Gasteiger partial charge in [-0.15, -0.1) is 0 Å². The molecule has 150 valence electrons. The summed E-state index contributed by atoms with van der Waals surface area (Å²) < 4.78 is 16.4. The van der Waals surface area contributed by atoms with Crippen molar-refractivity contribution in [1.29, 1.82) is 0 Å². The Hall–Kier alpha value is -3.49. The predicted octanol–water partition coefficient (Wildman–Crippen LogP) is 3.97. The van der Waals surface area contributed by atoms with E-state index in [1.54, 1.807) is 29.2 Å². The third kappa shape index (κ3) is 4.03. The van der Waals surface area contributed by atoms with E-state index in [2.05, 4.69) is 30.8 Å². The maximum absolute atomic E-state index is 14.7. The van der Waals surface area contributed by atoms with E-state index in [4.69, 9.17) is 0 Å². The van der Waals surface area contributed by atoms with Gasteiger partial charge < -0.3 is 15.0 Å². The summed E-state index contributed by atoms with van der Waals surface area (Å²) in [5, 5.41) is 13.3. The van der Waals surface area contributed by atoms with E-state index >= 15 is 0 Å². The first-order chi connectivity index (χ1) is 14.1. The fraction of sp³-hybridized carbons (Fsp3) is 0.300. The summed E-state index contributed by atoms with van der Waals surface area (Å²) in [4.78, 5) is 19.2. The molecule has 1 amide bonds. The normalized spacial score (nSPS) is 12.7. The summed E-state index contributed by atoms with van der Waals surface area (Å²) in [5.41, 5.74) is 2.72. The fourth-order valence-electron chi connectivity index (χ4n) is 2.89. The van der Waals surface area contributed by atoms with Crippen LogP contribution in [0.5, 0.6) is 0 Å². The lowest BCUT2D eigenvalue weighted by Gasteiger charge is -2.13. The number of aromatic nitrogens is 5. The molecule has 8 nitrogen and oxygen atoms in total. The number of imidazole rings is 1. The number of fused-ring (bicyclic) bond motifs is 2. The van der Waals surface area contributed by atoms with Crippen LogP contribution in [0.1, 0.15) is 33.1 Å². The van der Waals surface area contributed by atoms with Gasteiger partial charge in [0.2, 0.25) is 6.41 Å². The lowest BCUT2D eigenvalue weighted by Crippen LogP contribution is -2.11. The van der Waals surface area contributed by atoms with Crippen molar-refractivity contribution in [3.05, 3.63) is 36.7 Å². The first-order valence-corrected chi connectivity index (χ1v) is 9.54. The van der Waals surface area contributed by atoms with Gasteiger partial charge in [-0.3, -0.25) is 14.9 Å². The minimum absolute atomic E-state index is 0.0750. The number of H-pyrrole nitrogens is 1. The van der Waals surface area contributed by atoms with E-state index in [0.29, 0.717) is 40.3 Å². The molecule has 1 aromatic carbocycles. The van der Waals surface area contributed by atoms with Crippen molar-refractivity contribution in [2.75, 3.05) is 10.6 Å². The number of carbonyl (C=O) groups excluding carboxylic acids is 1. The zero-order chi connectivity index (χ0) is 20.4. The number of nitrogens with one attached hydrogen (secondary N) is 3. The zero-order valence-corrected chi connectivity index (χ0v) is 16.2. The van der Waals surface area contributed by atoms with Crippen LogP contribution in [-0.2, 0) is 4.79 Å². The van der Waals surface area contributed by atoms with Crippen molar-refractivity contribution < 1.29 is 9.18 Å². The van der Waals surface area contributed by atoms with E-state index in [0.717, 1.165) is 5.39 Å². The first-order valence-electron chi connectivity index (χ1n) is 9.54. The highest BCUT2D eigenvalue weighted by Crippen LogP contribution is 2.34. The Balaban J connectivity index is 0.000000626. The molecule has 4 aromatic rings. The number of benzene rings is 1. The standard InChI is InChI=1S/C17H16FN7O.C3H6/c1-9(2)22-17-12(18)3-10(11-4-21-24-16(11)17)13-6-25-7-14(20-8-26)23-15(25)5-19-13;1-2-3-1/h3-9,22H,1-2H3,(H,20,26)(H,21,24);1-3H2. The topological polar surface area (TPSA) is 100 Å². The van der Waals surface area contributed by atoms with Gasteiger partial charge in [0.05, 0.1) is 35.5 Å². The minimum atomic E-state index is -0.388. The second kappa shape index (κ2) is 7.86. The number of aromatic amines is 1. The van der Waals surface area contributed by atoms with E-state index in [9.17, 15) is 9.18 Å². The van der Waals surface area contributed by atoms with Crippen molar-refractivity contribution in [1.82, 2.24) is 24.6 Å². The minimum Gasteiger partial charge on any atom is -0.379 e. The maximum Gasteiger partial charge on any atom is 0.212 e. The average molecular weight is 395 g/mol. The van der Waals surface area contributed by atoms with Crippen LogP contribution < -0.4 is 10.6 Å². The summed E-state index contributed by atoms with van der Waals surface area (Å²) in [7, 11) is 0. The van der Waals surface area contributed by atoms with Crippen molar-refractivity contribution in [2.45, 2.75) is 39.2 Å². The quantitative estimate of drug-likeness (QED) is 0.444. The van der Waals surface area contributed by atoms with Gasteiger partial charge in [-0.05, 0) is 19.9 Å². The van der Waals surface area contributed by atoms with Crippen LogP contribution in [0.2, 0.25) is 0 Å². The molecule has 1 aliphatic carbocycles. The molecule has 3 heterocycles.